The fourth-order valence-corrected chi connectivity index (χ4v) is 3.37. The van der Waals surface area contributed by atoms with E-state index in [2.05, 4.69) is 71.3 Å². The molecule has 0 fully saturated rings. The first-order valence-corrected chi connectivity index (χ1v) is 10.8. The van der Waals surface area contributed by atoms with Crippen molar-refractivity contribution in [3.63, 3.8) is 0 Å². The van der Waals surface area contributed by atoms with Gasteiger partial charge in [0.2, 0.25) is 0 Å². The van der Waals surface area contributed by atoms with Crippen molar-refractivity contribution in [2.45, 2.75) is 39.8 Å². The molecule has 0 aliphatic carbocycles. The van der Waals surface area contributed by atoms with Crippen LogP contribution < -0.4 is 11.5 Å². The number of benzene rings is 2. The molecule has 2 aromatic carbocycles. The Bertz CT molecular complexity index is 1280. The Labute approximate surface area is 188 Å². The van der Waals surface area contributed by atoms with Crippen LogP contribution in [0.25, 0.3) is 22.1 Å². The van der Waals surface area contributed by atoms with Gasteiger partial charge in [-0.05, 0) is 60.1 Å². The molecule has 0 unspecified atom stereocenters. The summed E-state index contributed by atoms with van der Waals surface area (Å²) in [6.07, 6.45) is 0. The maximum Gasteiger partial charge on any atom is 0.124 e. The second-order valence-electron chi connectivity index (χ2n) is 8.75. The molecular weight excluding hydrogens is 396 g/mol. The molecule has 162 valence electrons. The Morgan fingerprint density at radius 3 is 1.47 bits per heavy atom. The number of nitrogens with two attached hydrogens (primary N) is 2. The van der Waals surface area contributed by atoms with Crippen molar-refractivity contribution < 1.29 is 0 Å². The summed E-state index contributed by atoms with van der Waals surface area (Å²) in [5, 5.41) is 0. The molecule has 0 saturated carbocycles. The third-order valence-electron chi connectivity index (χ3n) is 5.54. The molecule has 0 saturated heterocycles. The molecule has 0 spiro atoms. The van der Waals surface area contributed by atoms with Crippen molar-refractivity contribution >= 4 is 22.1 Å². The van der Waals surface area contributed by atoms with Gasteiger partial charge in [-0.3, -0.25) is 0 Å². The second kappa shape index (κ2) is 8.88. The number of hydrogen-bond acceptors (Lipinski definition) is 4. The van der Waals surface area contributed by atoms with Crippen molar-refractivity contribution in [2.24, 2.45) is 23.3 Å². The summed E-state index contributed by atoms with van der Waals surface area (Å²) in [5.74, 6) is 14.3. The Kier molecular flexibility index (Phi) is 6.01. The van der Waals surface area contributed by atoms with Crippen LogP contribution in [0.15, 0.2) is 36.4 Å². The van der Waals surface area contributed by atoms with E-state index < -0.39 is 0 Å². The zero-order valence-corrected chi connectivity index (χ0v) is 18.8. The third kappa shape index (κ3) is 4.53. The van der Waals surface area contributed by atoms with Gasteiger partial charge in [0.05, 0.1) is 34.2 Å². The standard InChI is InChI=1S/C26H28N6/c1-15(2)23(27)25-29-19-11-9-17(13-21(19)31-25)7-5-6-8-18-10-12-20-22(14-18)32-26(30-20)24(28)16(3)4/h9-16,23-24H,27-28H2,1-4H3,(H,29,31)(H,30,32)/t23-,24-/m0/s1. The first-order valence-electron chi connectivity index (χ1n) is 10.8. The zero-order valence-electron chi connectivity index (χ0n) is 18.8. The van der Waals surface area contributed by atoms with Crippen molar-refractivity contribution in [3.8, 4) is 23.7 Å². The average molecular weight is 425 g/mol. The summed E-state index contributed by atoms with van der Waals surface area (Å²) in [4.78, 5) is 15.8. The van der Waals surface area contributed by atoms with E-state index in [9.17, 15) is 0 Å². The van der Waals surface area contributed by atoms with Gasteiger partial charge in [-0.25, -0.2) is 9.97 Å². The number of nitrogens with zero attached hydrogens (tertiary/aromatic N) is 2. The molecule has 2 atom stereocenters. The lowest BCUT2D eigenvalue weighted by molar-refractivity contribution is 0.495. The quantitative estimate of drug-likeness (QED) is 0.369. The highest BCUT2D eigenvalue weighted by atomic mass is 15.0. The topological polar surface area (TPSA) is 109 Å². The van der Waals surface area contributed by atoms with Crippen LogP contribution >= 0.6 is 0 Å². The van der Waals surface area contributed by atoms with Crippen LogP contribution in [0.1, 0.15) is 62.6 Å². The minimum atomic E-state index is -0.118. The summed E-state index contributed by atoms with van der Waals surface area (Å²) < 4.78 is 0. The molecule has 0 bridgehead atoms. The lowest BCUT2D eigenvalue weighted by Gasteiger charge is -2.11. The van der Waals surface area contributed by atoms with E-state index in [1.54, 1.807) is 0 Å². The molecule has 0 radical (unpaired) electrons. The first kappa shape index (κ1) is 21.6. The normalized spacial score (nSPS) is 13.1. The van der Waals surface area contributed by atoms with Crippen molar-refractivity contribution in [2.75, 3.05) is 0 Å². The van der Waals surface area contributed by atoms with Crippen LogP contribution in [-0.4, -0.2) is 19.9 Å². The van der Waals surface area contributed by atoms with Crippen molar-refractivity contribution in [3.05, 3.63) is 59.2 Å². The first-order chi connectivity index (χ1) is 15.3. The highest BCUT2D eigenvalue weighted by molar-refractivity contribution is 5.78. The predicted octanol–water partition coefficient (Wildman–Crippen LogP) is 4.15. The number of aromatic nitrogens is 4. The van der Waals surface area contributed by atoms with Gasteiger partial charge in [0.1, 0.15) is 11.6 Å². The number of nitrogens with one attached hydrogen (secondary N) is 2. The van der Waals surface area contributed by atoms with Gasteiger partial charge >= 0.3 is 0 Å². The van der Waals surface area contributed by atoms with Crippen LogP contribution in [0.2, 0.25) is 0 Å². The van der Waals surface area contributed by atoms with E-state index in [1.807, 2.05) is 36.4 Å². The smallest absolute Gasteiger partial charge is 0.124 e. The maximum absolute atomic E-state index is 6.20. The number of aromatic amines is 2. The summed E-state index contributed by atoms with van der Waals surface area (Å²) >= 11 is 0. The molecule has 0 aliphatic rings. The van der Waals surface area contributed by atoms with Crippen LogP contribution in [0.4, 0.5) is 0 Å². The molecule has 4 aromatic rings. The van der Waals surface area contributed by atoms with E-state index in [0.29, 0.717) is 11.8 Å². The minimum absolute atomic E-state index is 0.118. The molecule has 6 N–H and O–H groups in total. The van der Waals surface area contributed by atoms with E-state index in [-0.39, 0.29) is 12.1 Å². The Morgan fingerprint density at radius 1 is 0.688 bits per heavy atom. The molecule has 0 amide bonds. The maximum atomic E-state index is 6.20. The molecule has 6 heteroatoms. The predicted molar refractivity (Wildman–Crippen MR) is 129 cm³/mol. The lowest BCUT2D eigenvalue weighted by Crippen LogP contribution is -2.17. The zero-order chi connectivity index (χ0) is 22.8. The summed E-state index contributed by atoms with van der Waals surface area (Å²) in [7, 11) is 0. The Hall–Kier alpha value is -3.58. The fourth-order valence-electron chi connectivity index (χ4n) is 3.37. The molecule has 2 aromatic heterocycles. The van der Waals surface area contributed by atoms with Crippen LogP contribution in [0.5, 0.6) is 0 Å². The van der Waals surface area contributed by atoms with Gasteiger partial charge in [-0.1, -0.05) is 39.5 Å². The molecule has 6 nitrogen and oxygen atoms in total. The van der Waals surface area contributed by atoms with Gasteiger partial charge in [-0.2, -0.15) is 0 Å². The van der Waals surface area contributed by atoms with E-state index in [0.717, 1.165) is 44.8 Å². The molecule has 2 heterocycles. The average Bonchev–Trinajstić information content (AvgIpc) is 3.38. The van der Waals surface area contributed by atoms with Gasteiger partial charge < -0.3 is 21.4 Å². The minimum Gasteiger partial charge on any atom is -0.341 e. The van der Waals surface area contributed by atoms with Crippen LogP contribution in [0, 0.1) is 35.5 Å². The number of rotatable bonds is 4. The largest absolute Gasteiger partial charge is 0.341 e. The number of H-pyrrole nitrogens is 2. The van der Waals surface area contributed by atoms with Gasteiger partial charge in [0.25, 0.3) is 0 Å². The van der Waals surface area contributed by atoms with Crippen LogP contribution in [-0.2, 0) is 0 Å². The number of fused-ring (bicyclic) bond motifs is 2. The number of imidazole rings is 2. The van der Waals surface area contributed by atoms with E-state index in [1.165, 1.54) is 0 Å². The Morgan fingerprint density at radius 2 is 1.09 bits per heavy atom. The summed E-state index contributed by atoms with van der Waals surface area (Å²) in [5.41, 5.74) is 17.8. The van der Waals surface area contributed by atoms with Crippen molar-refractivity contribution in [1.29, 1.82) is 0 Å². The molecular formula is C26H28N6. The SMILES string of the molecule is CC(C)[C@H](N)c1nc2ccc(C#CC#Cc3ccc4nc([C@@H](N)C(C)C)[nH]c4c3)cc2[nH]1. The fraction of sp³-hybridized carbons (Fsp3) is 0.308. The van der Waals surface area contributed by atoms with Gasteiger partial charge in [0, 0.05) is 11.1 Å². The molecule has 32 heavy (non-hydrogen) atoms. The van der Waals surface area contributed by atoms with E-state index in [4.69, 9.17) is 11.5 Å². The summed E-state index contributed by atoms with van der Waals surface area (Å²) in [6.45, 7) is 8.32. The monoisotopic (exact) mass is 424 g/mol. The molecule has 0 aliphatic heterocycles. The summed E-state index contributed by atoms with van der Waals surface area (Å²) in [6, 6.07) is 11.5. The molecule has 4 rings (SSSR count). The highest BCUT2D eigenvalue weighted by Gasteiger charge is 2.15. The lowest BCUT2D eigenvalue weighted by atomic mass is 10.1. The number of hydrogen-bond donors (Lipinski definition) is 4. The van der Waals surface area contributed by atoms with Gasteiger partial charge in [0.15, 0.2) is 0 Å². The van der Waals surface area contributed by atoms with Gasteiger partial charge in [-0.15, -0.1) is 0 Å². The van der Waals surface area contributed by atoms with E-state index >= 15 is 0 Å². The Balaban J connectivity index is 1.52. The van der Waals surface area contributed by atoms with Crippen molar-refractivity contribution in [1.82, 2.24) is 19.9 Å². The van der Waals surface area contributed by atoms with Crippen LogP contribution in [0.3, 0.4) is 0 Å². The second-order valence-corrected chi connectivity index (χ2v) is 8.75. The third-order valence-corrected chi connectivity index (χ3v) is 5.54. The highest BCUT2D eigenvalue weighted by Crippen LogP contribution is 2.21.